The fourth-order valence-electron chi connectivity index (χ4n) is 2.56. The first-order valence-corrected chi connectivity index (χ1v) is 8.20. The Morgan fingerprint density at radius 3 is 2.56 bits per heavy atom. The third kappa shape index (κ3) is 5.77. The van der Waals surface area contributed by atoms with Gasteiger partial charge in [-0.1, -0.05) is 30.3 Å². The Labute approximate surface area is 147 Å². The monoisotopic (exact) mass is 348 g/mol. The molecule has 1 aliphatic heterocycles. The standard InChI is InChI=1S/C18H24N2O5/c1-18(2,3)25-17(23)20-10-14(9-15(20)11-21)19-16(22)24-12-13-7-5-4-6-8-13/h4-8,11,14-15H,9-10,12H2,1-3H3,(H,19,22)/t14-,15+/m1/s1. The van der Waals surface area contributed by atoms with E-state index < -0.39 is 23.8 Å². The number of rotatable bonds is 4. The van der Waals surface area contributed by atoms with Gasteiger partial charge in [-0.15, -0.1) is 0 Å². The van der Waals surface area contributed by atoms with Crippen molar-refractivity contribution in [2.24, 2.45) is 0 Å². The van der Waals surface area contributed by atoms with Gasteiger partial charge < -0.3 is 19.6 Å². The third-order valence-corrected chi connectivity index (χ3v) is 3.66. The van der Waals surface area contributed by atoms with Crippen LogP contribution in [-0.4, -0.2) is 47.6 Å². The van der Waals surface area contributed by atoms with Crippen molar-refractivity contribution in [1.82, 2.24) is 10.2 Å². The van der Waals surface area contributed by atoms with E-state index in [0.717, 1.165) is 5.56 Å². The van der Waals surface area contributed by atoms with Gasteiger partial charge in [-0.2, -0.15) is 0 Å². The molecule has 25 heavy (non-hydrogen) atoms. The minimum Gasteiger partial charge on any atom is -0.445 e. The second-order valence-electron chi connectivity index (χ2n) is 6.97. The van der Waals surface area contributed by atoms with Crippen LogP contribution in [0.1, 0.15) is 32.8 Å². The van der Waals surface area contributed by atoms with Gasteiger partial charge in [-0.25, -0.2) is 9.59 Å². The number of benzene rings is 1. The van der Waals surface area contributed by atoms with Gasteiger partial charge in [0.25, 0.3) is 0 Å². The smallest absolute Gasteiger partial charge is 0.410 e. The second kappa shape index (κ2) is 8.00. The Bertz CT molecular complexity index is 612. The molecular weight excluding hydrogens is 324 g/mol. The number of nitrogens with one attached hydrogen (secondary N) is 1. The summed E-state index contributed by atoms with van der Waals surface area (Å²) in [4.78, 5) is 36.7. The fourth-order valence-corrected chi connectivity index (χ4v) is 2.56. The number of carbonyl (C=O) groups is 3. The van der Waals surface area contributed by atoms with Crippen molar-refractivity contribution in [2.45, 2.75) is 51.5 Å². The average Bonchev–Trinajstić information content (AvgIpc) is 2.95. The van der Waals surface area contributed by atoms with Crippen LogP contribution in [0.5, 0.6) is 0 Å². The summed E-state index contributed by atoms with van der Waals surface area (Å²) in [6.07, 6.45) is -0.111. The van der Waals surface area contributed by atoms with Crippen LogP contribution in [-0.2, 0) is 20.9 Å². The molecule has 0 aromatic heterocycles. The molecular formula is C18H24N2O5. The maximum Gasteiger partial charge on any atom is 0.410 e. The van der Waals surface area contributed by atoms with Crippen molar-refractivity contribution in [3.05, 3.63) is 35.9 Å². The summed E-state index contributed by atoms with van der Waals surface area (Å²) in [7, 11) is 0. The Balaban J connectivity index is 1.85. The van der Waals surface area contributed by atoms with Crippen LogP contribution >= 0.6 is 0 Å². The molecule has 0 saturated carbocycles. The highest BCUT2D eigenvalue weighted by atomic mass is 16.6. The normalized spacial score (nSPS) is 20.0. The number of hydrogen-bond donors (Lipinski definition) is 1. The van der Waals surface area contributed by atoms with E-state index in [1.807, 2.05) is 30.3 Å². The molecule has 2 amide bonds. The van der Waals surface area contributed by atoms with E-state index in [0.29, 0.717) is 12.7 Å². The molecule has 1 saturated heterocycles. The molecule has 1 fully saturated rings. The van der Waals surface area contributed by atoms with E-state index in [-0.39, 0.29) is 19.2 Å². The molecule has 0 bridgehead atoms. The van der Waals surface area contributed by atoms with Crippen molar-refractivity contribution in [1.29, 1.82) is 0 Å². The van der Waals surface area contributed by atoms with E-state index in [1.165, 1.54) is 4.90 Å². The minimum absolute atomic E-state index is 0.159. The van der Waals surface area contributed by atoms with Crippen LogP contribution in [0.25, 0.3) is 0 Å². The van der Waals surface area contributed by atoms with E-state index >= 15 is 0 Å². The number of carbonyl (C=O) groups excluding carboxylic acids is 3. The second-order valence-corrected chi connectivity index (χ2v) is 6.97. The molecule has 0 aliphatic carbocycles. The van der Waals surface area contributed by atoms with Crippen molar-refractivity contribution in [3.8, 4) is 0 Å². The predicted octanol–water partition coefficient (Wildman–Crippen LogP) is 2.49. The molecule has 1 heterocycles. The highest BCUT2D eigenvalue weighted by Gasteiger charge is 2.38. The Kier molecular flexibility index (Phi) is 6.01. The van der Waals surface area contributed by atoms with Crippen molar-refractivity contribution >= 4 is 18.5 Å². The van der Waals surface area contributed by atoms with Gasteiger partial charge in [-0.3, -0.25) is 4.90 Å². The first-order valence-electron chi connectivity index (χ1n) is 8.20. The highest BCUT2D eigenvalue weighted by Crippen LogP contribution is 2.20. The number of nitrogens with zero attached hydrogens (tertiary/aromatic N) is 1. The Morgan fingerprint density at radius 1 is 1.28 bits per heavy atom. The van der Waals surface area contributed by atoms with Gasteiger partial charge in [0.2, 0.25) is 0 Å². The van der Waals surface area contributed by atoms with Gasteiger partial charge in [0.05, 0.1) is 12.1 Å². The molecule has 2 rings (SSSR count). The maximum atomic E-state index is 12.2. The first kappa shape index (κ1) is 18.8. The number of amides is 2. The molecule has 2 atom stereocenters. The molecule has 0 unspecified atom stereocenters. The lowest BCUT2D eigenvalue weighted by Gasteiger charge is -2.26. The van der Waals surface area contributed by atoms with E-state index in [1.54, 1.807) is 20.8 Å². The predicted molar refractivity (Wildman–Crippen MR) is 91.0 cm³/mol. The van der Waals surface area contributed by atoms with E-state index in [9.17, 15) is 14.4 Å². The maximum absolute atomic E-state index is 12.2. The summed E-state index contributed by atoms with van der Waals surface area (Å²) in [5.74, 6) is 0. The van der Waals surface area contributed by atoms with Crippen LogP contribution in [0.15, 0.2) is 30.3 Å². The molecule has 1 aromatic rings. The summed E-state index contributed by atoms with van der Waals surface area (Å²) in [5.41, 5.74) is 0.232. The topological polar surface area (TPSA) is 84.9 Å². The zero-order valence-corrected chi connectivity index (χ0v) is 14.7. The summed E-state index contributed by atoms with van der Waals surface area (Å²) < 4.78 is 10.5. The van der Waals surface area contributed by atoms with Gasteiger partial charge in [0.15, 0.2) is 0 Å². The van der Waals surface area contributed by atoms with Crippen LogP contribution in [0.3, 0.4) is 0 Å². The number of hydrogen-bond acceptors (Lipinski definition) is 5. The zero-order valence-electron chi connectivity index (χ0n) is 14.7. The molecule has 1 N–H and O–H groups in total. The molecule has 0 radical (unpaired) electrons. The van der Waals surface area contributed by atoms with Crippen LogP contribution in [0.2, 0.25) is 0 Å². The Hall–Kier alpha value is -2.57. The lowest BCUT2D eigenvalue weighted by molar-refractivity contribution is -0.111. The van der Waals surface area contributed by atoms with Crippen molar-refractivity contribution in [2.75, 3.05) is 6.54 Å². The van der Waals surface area contributed by atoms with Gasteiger partial charge in [0, 0.05) is 6.54 Å². The zero-order chi connectivity index (χ0) is 18.4. The lowest BCUT2D eigenvalue weighted by atomic mass is 10.2. The van der Waals surface area contributed by atoms with Crippen molar-refractivity contribution < 1.29 is 23.9 Å². The average molecular weight is 348 g/mol. The largest absolute Gasteiger partial charge is 0.445 e. The van der Waals surface area contributed by atoms with Gasteiger partial charge in [0.1, 0.15) is 18.5 Å². The molecule has 7 nitrogen and oxygen atoms in total. The lowest BCUT2D eigenvalue weighted by Crippen LogP contribution is -2.42. The number of alkyl carbamates (subject to hydrolysis) is 1. The van der Waals surface area contributed by atoms with Gasteiger partial charge in [-0.05, 0) is 32.8 Å². The first-order chi connectivity index (χ1) is 11.8. The summed E-state index contributed by atoms with van der Waals surface area (Å²) in [6, 6.07) is 8.35. The summed E-state index contributed by atoms with van der Waals surface area (Å²) in [5, 5.41) is 2.69. The fraction of sp³-hybridized carbons (Fsp3) is 0.500. The quantitative estimate of drug-likeness (QED) is 0.845. The summed E-state index contributed by atoms with van der Waals surface area (Å²) >= 11 is 0. The molecule has 1 aromatic carbocycles. The Morgan fingerprint density at radius 2 is 1.96 bits per heavy atom. The summed E-state index contributed by atoms with van der Waals surface area (Å²) in [6.45, 7) is 5.64. The SMILES string of the molecule is CC(C)(C)OC(=O)N1C[C@H](NC(=O)OCc2ccccc2)C[C@H]1C=O. The molecule has 0 spiro atoms. The van der Waals surface area contributed by atoms with Crippen LogP contribution < -0.4 is 5.32 Å². The number of ether oxygens (including phenoxy) is 2. The molecule has 136 valence electrons. The molecule has 7 heteroatoms. The number of aldehydes is 1. The molecule has 1 aliphatic rings. The minimum atomic E-state index is -0.648. The highest BCUT2D eigenvalue weighted by molar-refractivity contribution is 5.75. The van der Waals surface area contributed by atoms with Gasteiger partial charge >= 0.3 is 12.2 Å². The van der Waals surface area contributed by atoms with Crippen LogP contribution in [0, 0.1) is 0 Å². The van der Waals surface area contributed by atoms with E-state index in [4.69, 9.17) is 9.47 Å². The number of likely N-dealkylation sites (tertiary alicyclic amines) is 1. The van der Waals surface area contributed by atoms with E-state index in [2.05, 4.69) is 5.32 Å². The van der Waals surface area contributed by atoms with Crippen LogP contribution in [0.4, 0.5) is 9.59 Å². The third-order valence-electron chi connectivity index (χ3n) is 3.66. The van der Waals surface area contributed by atoms with Crippen molar-refractivity contribution in [3.63, 3.8) is 0 Å².